The van der Waals surface area contributed by atoms with E-state index in [1.54, 1.807) is 13.0 Å². The Morgan fingerprint density at radius 3 is 2.47 bits per heavy atom. The molecule has 0 aliphatic heterocycles. The highest BCUT2D eigenvalue weighted by molar-refractivity contribution is 7.94. The number of pyridine rings is 1. The number of benzene rings is 1. The number of halogens is 2. The van der Waals surface area contributed by atoms with Crippen molar-refractivity contribution in [3.63, 3.8) is 0 Å². The number of sulfonamides is 1. The molecule has 3 rings (SSSR count). The van der Waals surface area contributed by atoms with Crippen molar-refractivity contribution in [1.82, 2.24) is 4.57 Å². The summed E-state index contributed by atoms with van der Waals surface area (Å²) in [5.74, 6) is -1.67. The normalized spacial score (nSPS) is 16.3. The molecule has 164 valence electrons. The predicted molar refractivity (Wildman–Crippen MR) is 108 cm³/mol. The van der Waals surface area contributed by atoms with E-state index in [4.69, 9.17) is 5.11 Å². The first-order valence-electron chi connectivity index (χ1n) is 9.44. The van der Waals surface area contributed by atoms with Crippen LogP contribution in [0.4, 0.5) is 14.5 Å². The third-order valence-corrected chi connectivity index (χ3v) is 7.71. The Hall–Kier alpha value is -2.30. The van der Waals surface area contributed by atoms with E-state index in [-0.39, 0.29) is 42.6 Å². The molecule has 0 amide bonds. The van der Waals surface area contributed by atoms with Gasteiger partial charge < -0.3 is 14.8 Å². The fourth-order valence-electron chi connectivity index (χ4n) is 3.48. The summed E-state index contributed by atoms with van der Waals surface area (Å²) in [7, 11) is -2.80. The van der Waals surface area contributed by atoms with E-state index in [1.165, 1.54) is 19.2 Å². The van der Waals surface area contributed by atoms with Crippen molar-refractivity contribution < 1.29 is 27.4 Å². The van der Waals surface area contributed by atoms with Gasteiger partial charge in [-0.15, -0.1) is 0 Å². The number of hydrogen-bond acceptors (Lipinski definition) is 5. The molecule has 3 N–H and O–H groups in total. The molecule has 0 spiro atoms. The maximum atomic E-state index is 14.3. The molecule has 0 bridgehead atoms. The quantitative estimate of drug-likeness (QED) is 0.575. The number of nitrogens with one attached hydrogen (secondary N) is 1. The van der Waals surface area contributed by atoms with E-state index < -0.39 is 44.7 Å². The molecule has 1 aromatic carbocycles. The van der Waals surface area contributed by atoms with Crippen LogP contribution in [0.1, 0.15) is 36.1 Å². The monoisotopic (exact) mass is 442 g/mol. The van der Waals surface area contributed by atoms with Gasteiger partial charge in [0.05, 0.1) is 23.1 Å². The molecule has 1 heterocycles. The molecule has 10 heteroatoms. The van der Waals surface area contributed by atoms with Crippen LogP contribution in [0, 0.1) is 18.6 Å². The van der Waals surface area contributed by atoms with Gasteiger partial charge >= 0.3 is 0 Å². The van der Waals surface area contributed by atoms with Crippen molar-refractivity contribution >= 4 is 15.7 Å². The van der Waals surface area contributed by atoms with E-state index in [9.17, 15) is 27.1 Å². The van der Waals surface area contributed by atoms with Crippen LogP contribution < -0.4 is 10.3 Å². The summed E-state index contributed by atoms with van der Waals surface area (Å²) >= 11 is 0. The Kier molecular flexibility index (Phi) is 6.03. The molecule has 0 radical (unpaired) electrons. The minimum atomic E-state index is -4.08. The van der Waals surface area contributed by atoms with Gasteiger partial charge in [-0.2, -0.15) is 0 Å². The van der Waals surface area contributed by atoms with Crippen molar-refractivity contribution in [3.05, 3.63) is 63.1 Å². The lowest BCUT2D eigenvalue weighted by Crippen LogP contribution is -2.35. The average Bonchev–Trinajstić information content (AvgIpc) is 3.45. The van der Waals surface area contributed by atoms with Crippen LogP contribution in [0.2, 0.25) is 0 Å². The number of nitrogens with zero attached hydrogens (tertiary/aromatic N) is 1. The van der Waals surface area contributed by atoms with Crippen LogP contribution in [0.15, 0.2) is 29.1 Å². The molecule has 1 saturated carbocycles. The van der Waals surface area contributed by atoms with E-state index in [2.05, 4.69) is 4.72 Å². The van der Waals surface area contributed by atoms with Crippen molar-refractivity contribution in [2.75, 3.05) is 11.3 Å². The second-order valence-corrected chi connectivity index (χ2v) is 9.89. The van der Waals surface area contributed by atoms with Gasteiger partial charge in [-0.1, -0.05) is 12.1 Å². The first kappa shape index (κ1) is 22.4. The molecular weight excluding hydrogens is 418 g/mol. The number of aliphatic hydroxyl groups excluding tert-OH is 2. The van der Waals surface area contributed by atoms with Gasteiger partial charge in [-0.3, -0.25) is 9.52 Å². The van der Waals surface area contributed by atoms with Gasteiger partial charge in [0.1, 0.15) is 5.82 Å². The van der Waals surface area contributed by atoms with Gasteiger partial charge in [0.15, 0.2) is 5.82 Å². The summed E-state index contributed by atoms with van der Waals surface area (Å²) in [6, 6.07) is 5.31. The predicted octanol–water partition coefficient (Wildman–Crippen LogP) is 1.58. The molecule has 1 atom stereocenters. The molecule has 1 aliphatic rings. The molecule has 1 fully saturated rings. The second kappa shape index (κ2) is 8.09. The Morgan fingerprint density at radius 1 is 1.23 bits per heavy atom. The van der Waals surface area contributed by atoms with Crippen LogP contribution in [-0.4, -0.2) is 40.7 Å². The van der Waals surface area contributed by atoms with Gasteiger partial charge in [0.2, 0.25) is 10.0 Å². The van der Waals surface area contributed by atoms with E-state index in [1.807, 2.05) is 0 Å². The smallest absolute Gasteiger partial charge is 0.286 e. The molecule has 1 aromatic heterocycles. The highest BCUT2D eigenvalue weighted by Crippen LogP contribution is 2.48. The van der Waals surface area contributed by atoms with Crippen LogP contribution in [0.5, 0.6) is 0 Å². The zero-order valence-electron chi connectivity index (χ0n) is 16.7. The first-order valence-corrected chi connectivity index (χ1v) is 10.9. The molecule has 0 saturated heterocycles. The number of rotatable bonds is 8. The number of hydrogen-bond donors (Lipinski definition) is 3. The summed E-state index contributed by atoms with van der Waals surface area (Å²) in [4.78, 5) is 12.1. The minimum Gasteiger partial charge on any atom is -0.394 e. The fourth-order valence-corrected chi connectivity index (χ4v) is 5.22. The zero-order chi connectivity index (χ0) is 22.3. The van der Waals surface area contributed by atoms with Crippen LogP contribution in [0.3, 0.4) is 0 Å². The standard InChI is InChI=1S/C20H24F2N2O5S/c1-12-3-4-13(15(21)7-12)8-18-17(9-16(22)19(27)24(18)2)23-30(28,29)20(5-6-20)10-14(26)11-25/h3-4,7,9,14,23,25-26H,5-6,8,10-11H2,1-2H3/t14-/m0/s1. The number of aromatic nitrogens is 1. The number of aryl methyl sites for hydroxylation is 1. The topological polar surface area (TPSA) is 109 Å². The van der Waals surface area contributed by atoms with Crippen molar-refractivity contribution in [2.24, 2.45) is 7.05 Å². The van der Waals surface area contributed by atoms with Crippen molar-refractivity contribution in [1.29, 1.82) is 0 Å². The molecule has 1 aliphatic carbocycles. The fraction of sp³-hybridized carbons (Fsp3) is 0.450. The molecular formula is C20H24F2N2O5S. The Bertz CT molecular complexity index is 1130. The Balaban J connectivity index is 2.01. The van der Waals surface area contributed by atoms with Gasteiger partial charge in [0, 0.05) is 25.2 Å². The summed E-state index contributed by atoms with van der Waals surface area (Å²) in [5, 5.41) is 18.8. The Labute approximate surface area is 173 Å². The van der Waals surface area contributed by atoms with Gasteiger partial charge in [0.25, 0.3) is 5.56 Å². The lowest BCUT2D eigenvalue weighted by molar-refractivity contribution is 0.0858. The molecule has 2 aromatic rings. The third-order valence-electron chi connectivity index (χ3n) is 5.50. The summed E-state index contributed by atoms with van der Waals surface area (Å²) in [6.07, 6.45) is -0.968. The average molecular weight is 442 g/mol. The van der Waals surface area contributed by atoms with E-state index >= 15 is 0 Å². The second-order valence-electron chi connectivity index (χ2n) is 7.82. The van der Waals surface area contributed by atoms with Gasteiger partial charge in [-0.05, 0) is 43.4 Å². The molecule has 0 unspecified atom stereocenters. The van der Waals surface area contributed by atoms with Crippen LogP contribution in [0.25, 0.3) is 0 Å². The highest BCUT2D eigenvalue weighted by Gasteiger charge is 2.55. The number of anilines is 1. The summed E-state index contributed by atoms with van der Waals surface area (Å²) in [6.45, 7) is 1.14. The summed E-state index contributed by atoms with van der Waals surface area (Å²) < 4.78 is 56.4. The van der Waals surface area contributed by atoms with E-state index in [0.717, 1.165) is 10.6 Å². The minimum absolute atomic E-state index is 0.103. The largest absolute Gasteiger partial charge is 0.394 e. The highest BCUT2D eigenvalue weighted by atomic mass is 32.2. The number of aliphatic hydroxyl groups is 2. The zero-order valence-corrected chi connectivity index (χ0v) is 17.5. The first-order chi connectivity index (χ1) is 14.0. The lowest BCUT2D eigenvalue weighted by atomic mass is 10.1. The maximum Gasteiger partial charge on any atom is 0.286 e. The molecule has 7 nitrogen and oxygen atoms in total. The van der Waals surface area contributed by atoms with Gasteiger partial charge in [-0.25, -0.2) is 17.2 Å². The van der Waals surface area contributed by atoms with Crippen molar-refractivity contribution in [3.8, 4) is 0 Å². The maximum absolute atomic E-state index is 14.3. The van der Waals surface area contributed by atoms with E-state index in [0.29, 0.717) is 5.56 Å². The lowest BCUT2D eigenvalue weighted by Gasteiger charge is -2.22. The van der Waals surface area contributed by atoms with Crippen molar-refractivity contribution in [2.45, 2.75) is 43.5 Å². The SMILES string of the molecule is Cc1ccc(Cc2c(NS(=O)(=O)C3(C[C@H](O)CO)CC3)cc(F)c(=O)n2C)c(F)c1. The third kappa shape index (κ3) is 4.26. The van der Waals surface area contributed by atoms with Crippen LogP contribution in [-0.2, 0) is 23.5 Å². The Morgan fingerprint density at radius 2 is 1.90 bits per heavy atom. The summed E-state index contributed by atoms with van der Waals surface area (Å²) in [5.41, 5.74) is -0.106. The van der Waals surface area contributed by atoms with Crippen LogP contribution >= 0.6 is 0 Å². The molecule has 30 heavy (non-hydrogen) atoms.